The van der Waals surface area contributed by atoms with E-state index in [-0.39, 0.29) is 17.9 Å². The van der Waals surface area contributed by atoms with Crippen LogP contribution in [0.25, 0.3) is 22.2 Å². The first kappa shape index (κ1) is 26.1. The fourth-order valence-corrected chi connectivity index (χ4v) is 5.40. The van der Waals surface area contributed by atoms with Gasteiger partial charge in [-0.25, -0.2) is 9.37 Å². The molecule has 1 fully saturated rings. The number of hydrogen-bond acceptors (Lipinski definition) is 8. The highest BCUT2D eigenvalue weighted by molar-refractivity contribution is 6.35. The third-order valence-corrected chi connectivity index (χ3v) is 7.12. The summed E-state index contributed by atoms with van der Waals surface area (Å²) in [4.78, 5) is 10.5. The lowest BCUT2D eigenvalue weighted by Gasteiger charge is -2.49. The predicted octanol–water partition coefficient (Wildman–Crippen LogP) is 4.64. The summed E-state index contributed by atoms with van der Waals surface area (Å²) in [5.74, 6) is -0.00559. The van der Waals surface area contributed by atoms with Gasteiger partial charge in [0.25, 0.3) is 0 Å². The van der Waals surface area contributed by atoms with Crippen LogP contribution in [0.15, 0.2) is 36.8 Å². The lowest BCUT2D eigenvalue weighted by molar-refractivity contribution is 0.217. The van der Waals surface area contributed by atoms with E-state index in [1.807, 2.05) is 4.90 Å². The molecule has 0 saturated carbocycles. The first-order valence-electron chi connectivity index (χ1n) is 11.9. The molecule has 0 spiro atoms. The van der Waals surface area contributed by atoms with Crippen LogP contribution in [0.4, 0.5) is 10.2 Å². The standard InChI is InChI=1S/C26H24Cl2FN7O2/c1-14(23-18(27)10-31-11-19(23)28)38-22-6-17-21(7-20(22)29)34-35-24(17)16-5-15(8-30)25(32-9-16)36-12-26(2,13-36)33-3-4-37/h5-7,9-11,14,33,37H,3-4,12-13H2,1-2H3,(H,34,35)/t14-/m1/s1. The summed E-state index contributed by atoms with van der Waals surface area (Å²) in [7, 11) is 0. The van der Waals surface area contributed by atoms with Crippen molar-refractivity contribution in [1.82, 2.24) is 25.5 Å². The third kappa shape index (κ3) is 4.86. The largest absolute Gasteiger partial charge is 0.483 e. The molecule has 12 heteroatoms. The van der Waals surface area contributed by atoms with Gasteiger partial charge in [-0.1, -0.05) is 23.2 Å². The number of anilines is 1. The molecule has 3 aromatic heterocycles. The van der Waals surface area contributed by atoms with E-state index in [0.29, 0.717) is 68.8 Å². The summed E-state index contributed by atoms with van der Waals surface area (Å²) in [6.45, 7) is 5.65. The lowest BCUT2D eigenvalue weighted by Crippen LogP contribution is -2.68. The van der Waals surface area contributed by atoms with Crippen molar-refractivity contribution in [3.63, 3.8) is 0 Å². The van der Waals surface area contributed by atoms with E-state index in [2.05, 4.69) is 38.5 Å². The molecule has 1 aromatic carbocycles. The number of ether oxygens (including phenoxy) is 1. The van der Waals surface area contributed by atoms with Crippen molar-refractivity contribution in [3.05, 3.63) is 63.8 Å². The van der Waals surface area contributed by atoms with Crippen LogP contribution in [-0.2, 0) is 0 Å². The molecule has 1 atom stereocenters. The van der Waals surface area contributed by atoms with Gasteiger partial charge in [0.1, 0.15) is 23.7 Å². The zero-order valence-electron chi connectivity index (χ0n) is 20.6. The average molecular weight is 556 g/mol. The fraction of sp³-hybridized carbons (Fsp3) is 0.308. The molecule has 0 amide bonds. The molecule has 9 nitrogen and oxygen atoms in total. The molecule has 4 aromatic rings. The molecule has 0 bridgehead atoms. The Morgan fingerprint density at radius 2 is 2.00 bits per heavy atom. The van der Waals surface area contributed by atoms with E-state index in [1.54, 1.807) is 25.3 Å². The Morgan fingerprint density at radius 1 is 1.26 bits per heavy atom. The van der Waals surface area contributed by atoms with Gasteiger partial charge >= 0.3 is 0 Å². The Hall–Kier alpha value is -3.49. The molecule has 0 aliphatic carbocycles. The smallest absolute Gasteiger partial charge is 0.167 e. The van der Waals surface area contributed by atoms with Crippen molar-refractivity contribution in [3.8, 4) is 23.1 Å². The Labute approximate surface area is 228 Å². The monoisotopic (exact) mass is 555 g/mol. The summed E-state index contributed by atoms with van der Waals surface area (Å²) >= 11 is 12.5. The highest BCUT2D eigenvalue weighted by Gasteiger charge is 2.39. The number of aliphatic hydroxyl groups excluding tert-OH is 1. The number of benzene rings is 1. The number of fused-ring (bicyclic) bond motifs is 1. The summed E-state index contributed by atoms with van der Waals surface area (Å²) in [5.41, 5.74) is 2.32. The first-order valence-corrected chi connectivity index (χ1v) is 12.6. The van der Waals surface area contributed by atoms with Gasteiger partial charge < -0.3 is 20.1 Å². The highest BCUT2D eigenvalue weighted by atomic mass is 35.5. The number of halogens is 3. The van der Waals surface area contributed by atoms with Crippen molar-refractivity contribution in [1.29, 1.82) is 5.26 Å². The Morgan fingerprint density at radius 3 is 2.68 bits per heavy atom. The second kappa shape index (κ2) is 10.3. The minimum absolute atomic E-state index is 0.00285. The highest BCUT2D eigenvalue weighted by Crippen LogP contribution is 2.37. The van der Waals surface area contributed by atoms with Gasteiger partial charge in [0.05, 0.1) is 33.3 Å². The Kier molecular flexibility index (Phi) is 7.11. The minimum atomic E-state index is -0.652. The molecule has 1 aliphatic heterocycles. The van der Waals surface area contributed by atoms with Crippen LogP contribution in [0.2, 0.25) is 10.0 Å². The maximum atomic E-state index is 14.9. The molecule has 0 unspecified atom stereocenters. The number of aromatic nitrogens is 4. The number of aliphatic hydroxyl groups is 1. The molecule has 196 valence electrons. The molecule has 1 saturated heterocycles. The number of nitriles is 1. The average Bonchev–Trinajstić information content (AvgIpc) is 3.28. The van der Waals surface area contributed by atoms with Crippen LogP contribution in [0, 0.1) is 17.1 Å². The van der Waals surface area contributed by atoms with Crippen molar-refractivity contribution < 1.29 is 14.2 Å². The number of aromatic amines is 1. The van der Waals surface area contributed by atoms with Gasteiger partial charge in [-0.05, 0) is 26.0 Å². The molecule has 5 rings (SSSR count). The van der Waals surface area contributed by atoms with Gasteiger partial charge in [0, 0.05) is 60.8 Å². The van der Waals surface area contributed by atoms with Crippen molar-refractivity contribution in [2.75, 3.05) is 31.1 Å². The number of pyridine rings is 2. The Balaban J connectivity index is 1.44. The van der Waals surface area contributed by atoms with Gasteiger partial charge in [-0.15, -0.1) is 0 Å². The SMILES string of the molecule is C[C@@H](Oc1cc2c(-c3cnc(N4CC(C)(NCCO)C4)c(C#N)c3)n[nH]c2cc1F)c1c(Cl)cncc1Cl. The van der Waals surface area contributed by atoms with Crippen LogP contribution in [-0.4, -0.2) is 57.1 Å². The van der Waals surface area contributed by atoms with Gasteiger partial charge in [-0.3, -0.25) is 10.1 Å². The maximum absolute atomic E-state index is 14.9. The van der Waals surface area contributed by atoms with Gasteiger partial charge in [0.15, 0.2) is 11.6 Å². The quantitative estimate of drug-likeness (QED) is 0.287. The second-order valence-electron chi connectivity index (χ2n) is 9.45. The normalized spacial score (nSPS) is 15.2. The molecule has 3 N–H and O–H groups in total. The number of β-amino-alcohol motifs (C(OH)–C–C–N with tert-alkyl or cyclic N) is 1. The summed E-state index contributed by atoms with van der Waals surface area (Å²) in [5, 5.41) is 30.6. The number of nitrogens with one attached hydrogen (secondary N) is 2. The van der Waals surface area contributed by atoms with E-state index in [9.17, 15) is 9.65 Å². The zero-order chi connectivity index (χ0) is 27.0. The van der Waals surface area contributed by atoms with E-state index in [1.165, 1.54) is 18.5 Å². The molecular formula is C26H24Cl2FN7O2. The Bertz CT molecular complexity index is 1530. The number of hydrogen-bond donors (Lipinski definition) is 3. The van der Waals surface area contributed by atoms with Crippen LogP contribution >= 0.6 is 23.2 Å². The topological polar surface area (TPSA) is 123 Å². The van der Waals surface area contributed by atoms with E-state index < -0.39 is 11.9 Å². The van der Waals surface area contributed by atoms with Crippen LogP contribution < -0.4 is 15.0 Å². The maximum Gasteiger partial charge on any atom is 0.167 e. The van der Waals surface area contributed by atoms with Crippen molar-refractivity contribution in [2.45, 2.75) is 25.5 Å². The number of rotatable bonds is 8. The summed E-state index contributed by atoms with van der Waals surface area (Å²) < 4.78 is 20.8. The van der Waals surface area contributed by atoms with Crippen molar-refractivity contribution >= 4 is 39.9 Å². The van der Waals surface area contributed by atoms with Crippen LogP contribution in [0.5, 0.6) is 5.75 Å². The summed E-state index contributed by atoms with van der Waals surface area (Å²) in [6, 6.07) is 6.80. The molecule has 38 heavy (non-hydrogen) atoms. The zero-order valence-corrected chi connectivity index (χ0v) is 22.1. The number of nitrogens with zero attached hydrogens (tertiary/aromatic N) is 5. The fourth-order valence-electron chi connectivity index (χ4n) is 4.72. The molecule has 4 heterocycles. The molecule has 0 radical (unpaired) electrons. The lowest BCUT2D eigenvalue weighted by atomic mass is 9.91. The van der Waals surface area contributed by atoms with Crippen LogP contribution in [0.1, 0.15) is 31.1 Å². The first-order chi connectivity index (χ1) is 18.2. The molecule has 1 aliphatic rings. The second-order valence-corrected chi connectivity index (χ2v) is 10.3. The third-order valence-electron chi connectivity index (χ3n) is 6.52. The van der Waals surface area contributed by atoms with E-state index in [0.717, 1.165) is 0 Å². The van der Waals surface area contributed by atoms with E-state index in [4.69, 9.17) is 33.0 Å². The van der Waals surface area contributed by atoms with Crippen molar-refractivity contribution in [2.24, 2.45) is 0 Å². The number of H-pyrrole nitrogens is 1. The van der Waals surface area contributed by atoms with Gasteiger partial charge in [-0.2, -0.15) is 10.4 Å². The predicted molar refractivity (Wildman–Crippen MR) is 143 cm³/mol. The van der Waals surface area contributed by atoms with Crippen LogP contribution in [0.3, 0.4) is 0 Å². The van der Waals surface area contributed by atoms with E-state index >= 15 is 0 Å². The minimum Gasteiger partial charge on any atom is -0.483 e. The molecular weight excluding hydrogens is 532 g/mol. The van der Waals surface area contributed by atoms with Gasteiger partial charge in [0.2, 0.25) is 0 Å². The summed E-state index contributed by atoms with van der Waals surface area (Å²) in [6.07, 6.45) is 3.89.